The van der Waals surface area contributed by atoms with Crippen molar-refractivity contribution in [3.05, 3.63) is 121 Å². The summed E-state index contributed by atoms with van der Waals surface area (Å²) in [5, 5.41) is 5.39. The summed E-state index contributed by atoms with van der Waals surface area (Å²) in [7, 11) is -2.62. The molecule has 0 saturated carbocycles. The minimum Gasteiger partial charge on any atom is -0.341 e. The Morgan fingerprint density at radius 2 is 0.806 bits per heavy atom. The lowest BCUT2D eigenvalue weighted by atomic mass is 10.2. The number of benzene rings is 4. The van der Waals surface area contributed by atoms with Crippen LogP contribution in [0.15, 0.2) is 121 Å². The highest BCUT2D eigenvalue weighted by molar-refractivity contribution is 7.02. The average Bonchev–Trinajstić information content (AvgIpc) is 3.48. The largest absolute Gasteiger partial charge is 0.341 e. The standard InChI is InChI=1S/C28H20N2Si/c1-3-13-23(14-4-1)31(24-15-5-2-6-16-24)29-25-17-9-7-11-21(25)19-27(29)28-20-22-12-8-10-18-26(22)30(28)31/h1-20H. The van der Waals surface area contributed by atoms with E-state index in [0.29, 0.717) is 0 Å². The van der Waals surface area contributed by atoms with Crippen LogP contribution in [0.2, 0.25) is 0 Å². The first-order valence-corrected chi connectivity index (χ1v) is 12.6. The zero-order valence-electron chi connectivity index (χ0n) is 16.9. The number of hydrogen-bond donors (Lipinski definition) is 0. The lowest BCUT2D eigenvalue weighted by Gasteiger charge is -2.33. The van der Waals surface area contributed by atoms with Crippen molar-refractivity contribution in [3.63, 3.8) is 0 Å². The zero-order valence-corrected chi connectivity index (χ0v) is 17.9. The van der Waals surface area contributed by atoms with E-state index in [1.165, 1.54) is 43.6 Å². The highest BCUT2D eigenvalue weighted by atomic mass is 28.3. The Balaban J connectivity index is 1.77. The van der Waals surface area contributed by atoms with Gasteiger partial charge in [0, 0.05) is 11.0 Å². The Bertz CT molecular complexity index is 1450. The van der Waals surface area contributed by atoms with Crippen LogP contribution in [0.3, 0.4) is 0 Å². The first-order chi connectivity index (χ1) is 15.4. The topological polar surface area (TPSA) is 9.86 Å². The van der Waals surface area contributed by atoms with Gasteiger partial charge in [0.15, 0.2) is 0 Å². The normalized spacial score (nSPS) is 14.1. The molecule has 2 aromatic heterocycles. The second-order valence-corrected chi connectivity index (χ2v) is 11.6. The molecule has 0 bridgehead atoms. The highest BCUT2D eigenvalue weighted by Crippen LogP contribution is 2.42. The first-order valence-electron chi connectivity index (χ1n) is 10.7. The minimum absolute atomic E-state index is 1.30. The maximum atomic E-state index is 2.68. The van der Waals surface area contributed by atoms with Gasteiger partial charge in [-0.05, 0) is 45.4 Å². The molecule has 2 nitrogen and oxygen atoms in total. The van der Waals surface area contributed by atoms with Crippen LogP contribution in [0.4, 0.5) is 0 Å². The smallest absolute Gasteiger partial charge is 0.340 e. The number of fused-ring (bicyclic) bond motifs is 7. The van der Waals surface area contributed by atoms with Gasteiger partial charge >= 0.3 is 8.40 Å². The second-order valence-electron chi connectivity index (χ2n) is 8.25. The molecule has 0 saturated heterocycles. The van der Waals surface area contributed by atoms with E-state index < -0.39 is 8.40 Å². The molecule has 0 radical (unpaired) electrons. The Morgan fingerprint density at radius 3 is 1.26 bits per heavy atom. The van der Waals surface area contributed by atoms with Crippen molar-refractivity contribution < 1.29 is 0 Å². The summed E-state index contributed by atoms with van der Waals surface area (Å²) in [5.41, 5.74) is 5.25. The van der Waals surface area contributed by atoms with Gasteiger partial charge in [0.1, 0.15) is 0 Å². The molecule has 1 aliphatic rings. The summed E-state index contributed by atoms with van der Waals surface area (Å²) in [6, 6.07) is 44.6. The number of rotatable bonds is 2. The lowest BCUT2D eigenvalue weighted by molar-refractivity contribution is 1.20. The molecule has 3 heteroatoms. The number of hydrogen-bond acceptors (Lipinski definition) is 0. The van der Waals surface area contributed by atoms with Crippen LogP contribution in [-0.4, -0.2) is 16.9 Å². The van der Waals surface area contributed by atoms with Crippen LogP contribution < -0.4 is 10.4 Å². The summed E-state index contributed by atoms with van der Waals surface area (Å²) in [4.78, 5) is 0. The van der Waals surface area contributed by atoms with Gasteiger partial charge in [-0.2, -0.15) is 0 Å². The molecule has 0 aliphatic carbocycles. The van der Waals surface area contributed by atoms with Crippen LogP contribution in [0.5, 0.6) is 0 Å². The third-order valence-electron chi connectivity index (χ3n) is 6.68. The second kappa shape index (κ2) is 6.09. The van der Waals surface area contributed by atoms with Gasteiger partial charge in [-0.3, -0.25) is 0 Å². The van der Waals surface area contributed by atoms with E-state index in [0.717, 1.165) is 0 Å². The van der Waals surface area contributed by atoms with Gasteiger partial charge < -0.3 is 8.47 Å². The molecule has 0 unspecified atom stereocenters. The van der Waals surface area contributed by atoms with Crippen molar-refractivity contribution in [2.75, 3.05) is 0 Å². The van der Waals surface area contributed by atoms with Crippen LogP contribution >= 0.6 is 0 Å². The van der Waals surface area contributed by atoms with Gasteiger partial charge in [0.2, 0.25) is 0 Å². The molecule has 6 aromatic rings. The maximum Gasteiger partial charge on any atom is 0.340 e. The Morgan fingerprint density at radius 1 is 0.419 bits per heavy atom. The van der Waals surface area contributed by atoms with Gasteiger partial charge in [-0.25, -0.2) is 0 Å². The molecule has 0 N–H and O–H groups in total. The lowest BCUT2D eigenvalue weighted by Crippen LogP contribution is -2.67. The Labute approximate surface area is 181 Å². The highest BCUT2D eigenvalue weighted by Gasteiger charge is 2.51. The third kappa shape index (κ3) is 2.06. The monoisotopic (exact) mass is 412 g/mol. The third-order valence-corrected chi connectivity index (χ3v) is 11.2. The number of para-hydroxylation sites is 2. The summed E-state index contributed by atoms with van der Waals surface area (Å²) in [5.74, 6) is 0. The van der Waals surface area contributed by atoms with E-state index in [2.05, 4.69) is 130 Å². The average molecular weight is 413 g/mol. The fraction of sp³-hybridized carbons (Fsp3) is 0. The summed E-state index contributed by atoms with van der Waals surface area (Å²) in [6.07, 6.45) is 0. The van der Waals surface area contributed by atoms with Gasteiger partial charge in [-0.15, -0.1) is 0 Å². The van der Waals surface area contributed by atoms with Crippen LogP contribution in [0, 0.1) is 0 Å². The first kappa shape index (κ1) is 16.9. The van der Waals surface area contributed by atoms with Crippen molar-refractivity contribution in [2.45, 2.75) is 0 Å². The predicted molar refractivity (Wildman–Crippen MR) is 132 cm³/mol. The van der Waals surface area contributed by atoms with E-state index in [-0.39, 0.29) is 0 Å². The molecule has 7 rings (SSSR count). The zero-order chi connectivity index (χ0) is 20.4. The van der Waals surface area contributed by atoms with Crippen LogP contribution in [0.1, 0.15) is 0 Å². The van der Waals surface area contributed by atoms with Crippen LogP contribution in [0.25, 0.3) is 33.2 Å². The van der Waals surface area contributed by atoms with Crippen molar-refractivity contribution in [2.24, 2.45) is 0 Å². The maximum absolute atomic E-state index is 2.68. The summed E-state index contributed by atoms with van der Waals surface area (Å²) < 4.78 is 5.35. The van der Waals surface area contributed by atoms with Crippen LogP contribution in [-0.2, 0) is 0 Å². The molecule has 31 heavy (non-hydrogen) atoms. The Kier molecular flexibility index (Phi) is 3.33. The van der Waals surface area contributed by atoms with E-state index in [9.17, 15) is 0 Å². The van der Waals surface area contributed by atoms with E-state index in [1.807, 2.05) is 0 Å². The molecule has 0 amide bonds. The summed E-state index contributed by atoms with van der Waals surface area (Å²) >= 11 is 0. The van der Waals surface area contributed by atoms with E-state index in [4.69, 9.17) is 0 Å². The fourth-order valence-corrected chi connectivity index (χ4v) is 10.5. The van der Waals surface area contributed by atoms with Gasteiger partial charge in [0.25, 0.3) is 0 Å². The molecular formula is C28H20N2Si. The molecule has 4 aromatic carbocycles. The molecule has 146 valence electrons. The number of aromatic nitrogens is 2. The summed E-state index contributed by atoms with van der Waals surface area (Å²) in [6.45, 7) is 0. The van der Waals surface area contributed by atoms with Crippen molar-refractivity contribution in [1.82, 2.24) is 8.47 Å². The van der Waals surface area contributed by atoms with E-state index >= 15 is 0 Å². The molecule has 1 aliphatic heterocycles. The Hall–Kier alpha value is -3.82. The quantitative estimate of drug-likeness (QED) is 0.344. The molecule has 0 spiro atoms. The van der Waals surface area contributed by atoms with E-state index in [1.54, 1.807) is 0 Å². The molecular weight excluding hydrogens is 392 g/mol. The molecule has 3 heterocycles. The van der Waals surface area contributed by atoms with Gasteiger partial charge in [0.05, 0.1) is 11.4 Å². The SMILES string of the molecule is c1ccc([Si]2(c3ccccc3)n3c(cc4ccccc43)-c3cc4ccccc4n32)cc1. The van der Waals surface area contributed by atoms with Crippen molar-refractivity contribution in [3.8, 4) is 11.4 Å². The number of nitrogens with zero attached hydrogens (tertiary/aromatic N) is 2. The fourth-order valence-electron chi connectivity index (χ4n) is 5.51. The van der Waals surface area contributed by atoms with Crippen molar-refractivity contribution in [1.29, 1.82) is 0 Å². The minimum atomic E-state index is -2.62. The van der Waals surface area contributed by atoms with Crippen molar-refractivity contribution >= 4 is 40.6 Å². The van der Waals surface area contributed by atoms with Gasteiger partial charge in [-0.1, -0.05) is 97.1 Å². The molecule has 0 fully saturated rings. The predicted octanol–water partition coefficient (Wildman–Crippen LogP) is 5.23. The molecule has 0 atom stereocenters.